The second-order valence-electron chi connectivity index (χ2n) is 1.57. The quantitative estimate of drug-likeness (QED) is 0.580. The van der Waals surface area contributed by atoms with Gasteiger partial charge in [0.15, 0.2) is 0 Å². The molecule has 0 radical (unpaired) electrons. The molecule has 0 atom stereocenters. The molecule has 0 aromatic heterocycles. The zero-order chi connectivity index (χ0) is 8.41. The van der Waals surface area contributed by atoms with Gasteiger partial charge in [0.2, 0.25) is 11.2 Å². The van der Waals surface area contributed by atoms with Crippen LogP contribution < -0.4 is 0 Å². The van der Waals surface area contributed by atoms with Gasteiger partial charge in [0.1, 0.15) is 0 Å². The molecule has 0 saturated carbocycles. The van der Waals surface area contributed by atoms with Crippen molar-refractivity contribution in [1.29, 1.82) is 0 Å². The molecule has 0 heterocycles. The third-order valence-corrected chi connectivity index (χ3v) is 1.28. The third-order valence-electron chi connectivity index (χ3n) is 0.617. The Balaban J connectivity index is 3.56. The first kappa shape index (κ1) is 9.93. The van der Waals surface area contributed by atoms with E-state index in [-0.39, 0.29) is 0 Å². The van der Waals surface area contributed by atoms with Crippen LogP contribution in [0, 0.1) is 0 Å². The van der Waals surface area contributed by atoms with E-state index in [1.54, 1.807) is 0 Å². The minimum atomic E-state index is -5.48. The van der Waals surface area contributed by atoms with Crippen LogP contribution in [0.25, 0.3) is 0 Å². The van der Waals surface area contributed by atoms with Crippen LogP contribution in [0.4, 0.5) is 24.8 Å². The summed E-state index contributed by atoms with van der Waals surface area (Å²) in [5.41, 5.74) is 0. The number of halogens is 6. The molecule has 10 heavy (non-hydrogen) atoms. The van der Waals surface area contributed by atoms with E-state index in [9.17, 15) is 24.8 Å². The first-order valence-electron chi connectivity index (χ1n) is 2.17. The Hall–Kier alpha value is -0.0700. The molecule has 0 fully saturated rings. The van der Waals surface area contributed by atoms with E-state index >= 15 is 0 Å². The van der Waals surface area contributed by atoms with Gasteiger partial charge in [-0.05, 0) is 0 Å². The van der Waals surface area contributed by atoms with Crippen molar-refractivity contribution < 1.29 is 24.8 Å². The minimum Gasteiger partial charge on any atom is -0.171 e. The maximum absolute atomic E-state index is 11.2. The molecule has 0 nitrogen and oxygen atoms in total. The Labute approximate surface area is 55.4 Å². The van der Waals surface area contributed by atoms with Crippen molar-refractivity contribution in [1.82, 2.24) is 0 Å². The van der Waals surface area contributed by atoms with Gasteiger partial charge in [-0.15, -0.1) is 11.7 Å². The molecular weight excluding hydrogens is 182 g/mol. The van der Waals surface area contributed by atoms with Crippen LogP contribution in [0.3, 0.4) is 0 Å². The van der Waals surface area contributed by atoms with E-state index in [0.717, 1.165) is 0 Å². The van der Waals surface area contributed by atoms with Crippen LogP contribution >= 0.6 is 11.2 Å². The molecule has 0 amide bonds. The monoisotopic (exact) mass is 186 g/mol. The highest BCUT2D eigenvalue weighted by molar-refractivity contribution is 8.20. The molecule has 0 unspecified atom stereocenters. The summed E-state index contributed by atoms with van der Waals surface area (Å²) < 4.78 is 66.8. The molecule has 7 heteroatoms. The maximum Gasteiger partial charge on any atom is 0.390 e. The lowest BCUT2D eigenvalue weighted by Gasteiger charge is -2.10. The second-order valence-corrected chi connectivity index (χ2v) is 2.98. The summed E-state index contributed by atoms with van der Waals surface area (Å²) in [5, 5.41) is 0. The van der Waals surface area contributed by atoms with Crippen molar-refractivity contribution in [2.75, 3.05) is 5.75 Å². The molecule has 0 N–H and O–H groups in total. The molecule has 0 aliphatic rings. The Morgan fingerprint density at radius 1 is 1.00 bits per heavy atom. The largest absolute Gasteiger partial charge is 0.390 e. The Kier molecular flexibility index (Phi) is 2.87. The van der Waals surface area contributed by atoms with Crippen LogP contribution in [0.5, 0.6) is 0 Å². The van der Waals surface area contributed by atoms with Crippen LogP contribution in [-0.4, -0.2) is 11.9 Å². The third kappa shape index (κ3) is 7.93. The average molecular weight is 186 g/mol. The van der Waals surface area contributed by atoms with E-state index in [0.29, 0.717) is 0 Å². The van der Waals surface area contributed by atoms with Crippen LogP contribution in [0.2, 0.25) is 0 Å². The molecule has 0 aromatic rings. The summed E-state index contributed by atoms with van der Waals surface area (Å²) in [6.45, 7) is 0. The van der Waals surface area contributed by atoms with E-state index < -0.39 is 29.5 Å². The van der Waals surface area contributed by atoms with Crippen LogP contribution in [0.15, 0.2) is 0 Å². The number of rotatable bonds is 2. The van der Waals surface area contributed by atoms with Crippen molar-refractivity contribution in [3.63, 3.8) is 0 Å². The first-order valence-corrected chi connectivity index (χ1v) is 3.68. The predicted molar refractivity (Wildman–Crippen MR) is 26.5 cm³/mol. The van der Waals surface area contributed by atoms with E-state index in [1.807, 2.05) is 0 Å². The van der Waals surface area contributed by atoms with E-state index in [2.05, 4.69) is 0 Å². The van der Waals surface area contributed by atoms with Gasteiger partial charge in [0, 0.05) is 0 Å². The van der Waals surface area contributed by atoms with Gasteiger partial charge in [-0.3, -0.25) is 0 Å². The fourth-order valence-corrected chi connectivity index (χ4v) is 0.694. The summed E-state index contributed by atoms with van der Waals surface area (Å²) in [4.78, 5) is 0. The number of hydrogen-bond donors (Lipinski definition) is 0. The fourth-order valence-electron chi connectivity index (χ4n) is 0.231. The van der Waals surface area contributed by atoms with Crippen LogP contribution in [0.1, 0.15) is 6.42 Å². The number of hydrogen-bond acceptors (Lipinski definition) is 0. The van der Waals surface area contributed by atoms with Gasteiger partial charge in [0.25, 0.3) is 0 Å². The van der Waals surface area contributed by atoms with Gasteiger partial charge < -0.3 is 0 Å². The van der Waals surface area contributed by atoms with Gasteiger partial charge in [0.05, 0.1) is 12.2 Å². The molecular formula is C3H4F6S. The van der Waals surface area contributed by atoms with Gasteiger partial charge in [-0.25, -0.2) is 0 Å². The summed E-state index contributed by atoms with van der Waals surface area (Å²) in [6, 6.07) is 0. The maximum atomic E-state index is 11.2. The Morgan fingerprint density at radius 2 is 1.40 bits per heavy atom. The zero-order valence-corrected chi connectivity index (χ0v) is 5.41. The van der Waals surface area contributed by atoms with Crippen molar-refractivity contribution in [3.8, 4) is 0 Å². The minimum absolute atomic E-state index is 1.71. The van der Waals surface area contributed by atoms with Crippen molar-refractivity contribution in [3.05, 3.63) is 0 Å². The molecule has 0 saturated heterocycles. The lowest BCUT2D eigenvalue weighted by molar-refractivity contribution is -0.130. The number of alkyl halides is 3. The zero-order valence-electron chi connectivity index (χ0n) is 4.59. The molecule has 0 spiro atoms. The summed E-state index contributed by atoms with van der Waals surface area (Å²) in [6.07, 6.45) is -6.45. The molecule has 64 valence electrons. The normalized spacial score (nSPS) is 15.4. The second kappa shape index (κ2) is 2.89. The molecule has 0 rings (SSSR count). The first-order chi connectivity index (χ1) is 4.21. The van der Waals surface area contributed by atoms with Crippen LogP contribution in [-0.2, 0) is 0 Å². The topological polar surface area (TPSA) is 0 Å². The van der Waals surface area contributed by atoms with Gasteiger partial charge in [-0.2, -0.15) is 13.2 Å². The van der Waals surface area contributed by atoms with Gasteiger partial charge in [-0.1, -0.05) is 0 Å². The SMILES string of the molecule is FC(F)(F)CCS(F)(F)F. The lowest BCUT2D eigenvalue weighted by atomic mass is 10.5. The lowest BCUT2D eigenvalue weighted by Crippen LogP contribution is -2.09. The molecule has 0 aliphatic heterocycles. The summed E-state index contributed by atoms with van der Waals surface area (Å²) >= 11 is -5.48. The highest BCUT2D eigenvalue weighted by Crippen LogP contribution is 2.54. The molecule has 0 bridgehead atoms. The highest BCUT2D eigenvalue weighted by atomic mass is 32.3. The Morgan fingerprint density at radius 3 is 1.50 bits per heavy atom. The van der Waals surface area contributed by atoms with E-state index in [4.69, 9.17) is 0 Å². The molecule has 0 aromatic carbocycles. The van der Waals surface area contributed by atoms with Gasteiger partial charge >= 0.3 is 6.18 Å². The standard InChI is InChI=1S/C3H4F6S/c4-3(5,6)1-2-10(7,8)9/h1-2H2. The smallest absolute Gasteiger partial charge is 0.171 e. The van der Waals surface area contributed by atoms with Crippen molar-refractivity contribution in [2.24, 2.45) is 0 Å². The Bertz CT molecular complexity index is 86.5. The summed E-state index contributed by atoms with van der Waals surface area (Å²) in [5.74, 6) is -1.71. The van der Waals surface area contributed by atoms with Crippen molar-refractivity contribution >= 4 is 11.2 Å². The van der Waals surface area contributed by atoms with E-state index in [1.165, 1.54) is 0 Å². The average Bonchev–Trinajstić information content (AvgIpc) is 1.57. The highest BCUT2D eigenvalue weighted by Gasteiger charge is 2.33. The van der Waals surface area contributed by atoms with Crippen molar-refractivity contribution in [2.45, 2.75) is 12.6 Å². The molecule has 0 aliphatic carbocycles. The predicted octanol–water partition coefficient (Wildman–Crippen LogP) is 3.40. The fraction of sp³-hybridized carbons (Fsp3) is 1.00. The summed E-state index contributed by atoms with van der Waals surface area (Å²) in [7, 11) is 0.